The molecule has 2 rings (SSSR count). The molecule has 0 radical (unpaired) electrons. The SMILES string of the molecule is CCNC(=O)N(CCOC)Cc1cnc(S(=O)(=O)Cc2ccccc2C)n1C(C)C. The van der Waals surface area contributed by atoms with Crippen LogP contribution in [0.4, 0.5) is 4.79 Å². The number of methoxy groups -OCH3 is 1. The number of sulfone groups is 1. The highest BCUT2D eigenvalue weighted by molar-refractivity contribution is 7.90. The number of ether oxygens (including phenoxy) is 1. The van der Waals surface area contributed by atoms with Gasteiger partial charge < -0.3 is 19.5 Å². The molecule has 9 heteroatoms. The first kappa shape index (κ1) is 23.9. The molecule has 2 amide bonds. The topological polar surface area (TPSA) is 93.5 Å². The number of hydrogen-bond donors (Lipinski definition) is 1. The van der Waals surface area contributed by atoms with Gasteiger partial charge in [0, 0.05) is 26.2 Å². The van der Waals surface area contributed by atoms with Gasteiger partial charge in [-0.2, -0.15) is 0 Å². The number of carbonyl (C=O) groups excluding carboxylic acids is 1. The van der Waals surface area contributed by atoms with Crippen LogP contribution < -0.4 is 5.32 Å². The first-order chi connectivity index (χ1) is 14.2. The van der Waals surface area contributed by atoms with Gasteiger partial charge in [-0.1, -0.05) is 24.3 Å². The minimum absolute atomic E-state index is 0.0262. The molecule has 2 aromatic rings. The highest BCUT2D eigenvalue weighted by atomic mass is 32.2. The van der Waals surface area contributed by atoms with E-state index in [0.717, 1.165) is 11.1 Å². The number of hydrogen-bond acceptors (Lipinski definition) is 5. The molecule has 0 fully saturated rings. The van der Waals surface area contributed by atoms with E-state index in [1.165, 1.54) is 0 Å². The van der Waals surface area contributed by atoms with Crippen molar-refractivity contribution >= 4 is 15.9 Å². The summed E-state index contributed by atoms with van der Waals surface area (Å²) in [6, 6.07) is 7.06. The lowest BCUT2D eigenvalue weighted by molar-refractivity contribution is 0.145. The molecule has 1 N–H and O–H groups in total. The minimum atomic E-state index is -3.67. The molecule has 166 valence electrons. The molecule has 0 atom stereocenters. The van der Waals surface area contributed by atoms with E-state index in [1.54, 1.807) is 22.8 Å². The zero-order valence-corrected chi connectivity index (χ0v) is 19.2. The van der Waals surface area contributed by atoms with E-state index in [0.29, 0.717) is 25.4 Å². The molecule has 8 nitrogen and oxygen atoms in total. The molecule has 0 aliphatic rings. The van der Waals surface area contributed by atoms with Crippen molar-refractivity contribution in [2.24, 2.45) is 0 Å². The third-order valence-corrected chi connectivity index (χ3v) is 6.32. The van der Waals surface area contributed by atoms with E-state index in [1.807, 2.05) is 52.0 Å². The number of urea groups is 1. The Labute approximate surface area is 179 Å². The van der Waals surface area contributed by atoms with E-state index in [-0.39, 0.29) is 29.5 Å². The summed E-state index contributed by atoms with van der Waals surface area (Å²) in [6.45, 7) is 9.06. The molecule has 0 aliphatic carbocycles. The number of carbonyl (C=O) groups is 1. The summed E-state index contributed by atoms with van der Waals surface area (Å²) >= 11 is 0. The zero-order chi connectivity index (χ0) is 22.3. The van der Waals surface area contributed by atoms with Crippen LogP contribution >= 0.6 is 0 Å². The molecule has 0 unspecified atom stereocenters. The standard InChI is InChI=1S/C21H32N4O4S/c1-6-22-20(26)24(11-12-29-5)14-19-13-23-21(25(19)16(2)3)30(27,28)15-18-10-8-7-9-17(18)4/h7-10,13,16H,6,11-12,14-15H2,1-5H3,(H,22,26). The van der Waals surface area contributed by atoms with E-state index >= 15 is 0 Å². The predicted molar refractivity (Wildman–Crippen MR) is 116 cm³/mol. The molecule has 0 aliphatic heterocycles. The molecule has 0 spiro atoms. The van der Waals surface area contributed by atoms with Crippen LogP contribution in [0.15, 0.2) is 35.6 Å². The first-order valence-corrected chi connectivity index (χ1v) is 11.7. The zero-order valence-electron chi connectivity index (χ0n) is 18.4. The maximum Gasteiger partial charge on any atom is 0.317 e. The summed E-state index contributed by atoms with van der Waals surface area (Å²) in [7, 11) is -2.09. The maximum atomic E-state index is 13.2. The highest BCUT2D eigenvalue weighted by Gasteiger charge is 2.27. The Morgan fingerprint density at radius 3 is 2.60 bits per heavy atom. The Morgan fingerprint density at radius 1 is 1.30 bits per heavy atom. The number of nitrogens with zero attached hydrogens (tertiary/aromatic N) is 3. The van der Waals surface area contributed by atoms with Crippen molar-refractivity contribution in [1.82, 2.24) is 19.8 Å². The smallest absolute Gasteiger partial charge is 0.317 e. The van der Waals surface area contributed by atoms with Crippen LogP contribution in [-0.4, -0.2) is 55.7 Å². The Hall–Kier alpha value is -2.39. The molecule has 0 bridgehead atoms. The van der Waals surface area contributed by atoms with Crippen LogP contribution in [0.2, 0.25) is 0 Å². The third-order valence-electron chi connectivity index (χ3n) is 4.77. The lowest BCUT2D eigenvalue weighted by Crippen LogP contribution is -2.41. The van der Waals surface area contributed by atoms with Crippen molar-refractivity contribution in [3.05, 3.63) is 47.3 Å². The Balaban J connectivity index is 2.37. The van der Waals surface area contributed by atoms with Gasteiger partial charge in [-0.05, 0) is 38.8 Å². The summed E-state index contributed by atoms with van der Waals surface area (Å²) in [5, 5.41) is 2.81. The van der Waals surface area contributed by atoms with E-state index in [4.69, 9.17) is 4.74 Å². The quantitative estimate of drug-likeness (QED) is 0.618. The van der Waals surface area contributed by atoms with E-state index < -0.39 is 9.84 Å². The van der Waals surface area contributed by atoms with Gasteiger partial charge in [0.05, 0.1) is 30.8 Å². The van der Waals surface area contributed by atoms with E-state index in [9.17, 15) is 13.2 Å². The van der Waals surface area contributed by atoms with Gasteiger partial charge in [-0.25, -0.2) is 18.2 Å². The van der Waals surface area contributed by atoms with Gasteiger partial charge in [0.2, 0.25) is 15.0 Å². The fourth-order valence-electron chi connectivity index (χ4n) is 3.23. The van der Waals surface area contributed by atoms with Gasteiger partial charge >= 0.3 is 6.03 Å². The number of amides is 2. The van der Waals surface area contributed by atoms with Crippen LogP contribution in [0, 0.1) is 6.92 Å². The van der Waals surface area contributed by atoms with Crippen LogP contribution in [0.25, 0.3) is 0 Å². The van der Waals surface area contributed by atoms with Crippen molar-refractivity contribution in [2.75, 3.05) is 26.8 Å². The van der Waals surface area contributed by atoms with Crippen molar-refractivity contribution in [3.8, 4) is 0 Å². The molecule has 0 saturated heterocycles. The van der Waals surface area contributed by atoms with Crippen LogP contribution in [-0.2, 0) is 26.9 Å². The maximum absolute atomic E-state index is 13.2. The number of benzene rings is 1. The minimum Gasteiger partial charge on any atom is -0.383 e. The van der Waals surface area contributed by atoms with Gasteiger partial charge in [0.15, 0.2) is 0 Å². The second kappa shape index (κ2) is 10.6. The summed E-state index contributed by atoms with van der Waals surface area (Å²) in [5.41, 5.74) is 2.34. The van der Waals surface area contributed by atoms with Crippen molar-refractivity contribution in [1.29, 1.82) is 0 Å². The first-order valence-electron chi connectivity index (χ1n) is 10.1. The lowest BCUT2D eigenvalue weighted by Gasteiger charge is -2.24. The average Bonchev–Trinajstić information content (AvgIpc) is 3.12. The average molecular weight is 437 g/mol. The van der Waals surface area contributed by atoms with Gasteiger partial charge in [0.1, 0.15) is 0 Å². The van der Waals surface area contributed by atoms with Crippen LogP contribution in [0.5, 0.6) is 0 Å². The Kier molecular flexibility index (Phi) is 8.43. The van der Waals surface area contributed by atoms with Crippen molar-refractivity contribution in [3.63, 3.8) is 0 Å². The molecule has 0 saturated carbocycles. The molecule has 1 aromatic heterocycles. The monoisotopic (exact) mass is 436 g/mol. The summed E-state index contributed by atoms with van der Waals surface area (Å²) in [5.74, 6) is -0.118. The molecular weight excluding hydrogens is 404 g/mol. The number of imidazole rings is 1. The molecule has 1 aromatic carbocycles. The van der Waals surface area contributed by atoms with Crippen LogP contribution in [0.3, 0.4) is 0 Å². The van der Waals surface area contributed by atoms with Crippen molar-refractivity contribution < 1.29 is 17.9 Å². The lowest BCUT2D eigenvalue weighted by atomic mass is 10.1. The fraction of sp³-hybridized carbons (Fsp3) is 0.524. The van der Waals surface area contributed by atoms with Gasteiger partial charge in [-0.3, -0.25) is 0 Å². The second-order valence-electron chi connectivity index (χ2n) is 7.43. The molecular formula is C21H32N4O4S. The molecule has 1 heterocycles. The number of aryl methyl sites for hydroxylation is 1. The largest absolute Gasteiger partial charge is 0.383 e. The number of aromatic nitrogens is 2. The van der Waals surface area contributed by atoms with Crippen LogP contribution in [0.1, 0.15) is 43.6 Å². The summed E-state index contributed by atoms with van der Waals surface area (Å²) < 4.78 is 33.2. The fourth-order valence-corrected chi connectivity index (χ4v) is 4.93. The summed E-state index contributed by atoms with van der Waals surface area (Å²) in [4.78, 5) is 18.3. The van der Waals surface area contributed by atoms with Crippen molar-refractivity contribution in [2.45, 2.75) is 51.2 Å². The van der Waals surface area contributed by atoms with Gasteiger partial charge in [-0.15, -0.1) is 0 Å². The Bertz CT molecular complexity index is 954. The number of nitrogens with one attached hydrogen (secondary N) is 1. The van der Waals surface area contributed by atoms with E-state index in [2.05, 4.69) is 10.3 Å². The summed E-state index contributed by atoms with van der Waals surface area (Å²) in [6.07, 6.45) is 1.55. The third kappa shape index (κ3) is 5.82. The highest BCUT2D eigenvalue weighted by Crippen LogP contribution is 2.23. The normalized spacial score (nSPS) is 11.7. The molecule has 30 heavy (non-hydrogen) atoms. The van der Waals surface area contributed by atoms with Gasteiger partial charge in [0.25, 0.3) is 0 Å². The Morgan fingerprint density at radius 2 is 2.00 bits per heavy atom. The second-order valence-corrected chi connectivity index (χ2v) is 9.31. The number of rotatable bonds is 10. The predicted octanol–water partition coefficient (Wildman–Crippen LogP) is 2.92.